The zero-order valence-electron chi connectivity index (χ0n) is 23.3. The van der Waals surface area contributed by atoms with Crippen LogP contribution in [-0.2, 0) is 16.1 Å². The molecule has 0 unspecified atom stereocenters. The van der Waals surface area contributed by atoms with Gasteiger partial charge in [0.25, 0.3) is 5.91 Å². The lowest BCUT2D eigenvalue weighted by Gasteiger charge is -2.13. The monoisotopic (exact) mass is 609 g/mol. The number of unbranched alkanes of at least 4 members (excludes halogenated alkanes) is 1. The van der Waals surface area contributed by atoms with E-state index in [1.165, 1.54) is 31.2 Å². The van der Waals surface area contributed by atoms with E-state index in [0.29, 0.717) is 18.9 Å². The summed E-state index contributed by atoms with van der Waals surface area (Å²) in [4.78, 5) is 40.0. The molecule has 0 bridgehead atoms. The lowest BCUT2D eigenvalue weighted by atomic mass is 10.2. The summed E-state index contributed by atoms with van der Waals surface area (Å²) in [6.07, 6.45) is 0.791. The second-order valence-electron chi connectivity index (χ2n) is 9.48. The van der Waals surface area contributed by atoms with Gasteiger partial charge in [0.05, 0.1) is 12.6 Å². The normalized spacial score (nSPS) is 12.5. The number of hydrogen-bond acceptors (Lipinski definition) is 8. The SMILES string of the molecule is C[C@H](NC(=O)CCCCOc1cc(-c2nc(C(=O)NCc3ccc(F)cc3F)c([C@H](C)N)o2)ccc1OC(F)F)C(N)=O. The van der Waals surface area contributed by atoms with E-state index < -0.39 is 42.1 Å². The van der Waals surface area contributed by atoms with Crippen LogP contribution in [0, 0.1) is 11.6 Å². The summed E-state index contributed by atoms with van der Waals surface area (Å²) in [6, 6.07) is 5.22. The van der Waals surface area contributed by atoms with Gasteiger partial charge in [-0.25, -0.2) is 13.8 Å². The van der Waals surface area contributed by atoms with Crippen molar-refractivity contribution in [2.24, 2.45) is 11.5 Å². The first kappa shape index (κ1) is 32.8. The van der Waals surface area contributed by atoms with Crippen molar-refractivity contribution in [1.82, 2.24) is 15.6 Å². The third kappa shape index (κ3) is 9.43. The van der Waals surface area contributed by atoms with Crippen LogP contribution in [0.5, 0.6) is 11.5 Å². The summed E-state index contributed by atoms with van der Waals surface area (Å²) in [5.74, 6) is -3.83. The van der Waals surface area contributed by atoms with E-state index >= 15 is 0 Å². The summed E-state index contributed by atoms with van der Waals surface area (Å²) in [7, 11) is 0. The minimum atomic E-state index is -3.14. The second kappa shape index (κ2) is 15.0. The Hall–Kier alpha value is -4.66. The van der Waals surface area contributed by atoms with Crippen molar-refractivity contribution in [3.05, 3.63) is 65.1 Å². The summed E-state index contributed by atoms with van der Waals surface area (Å²) in [6.45, 7) is -0.391. The number of carbonyl (C=O) groups is 3. The first-order valence-electron chi connectivity index (χ1n) is 13.1. The molecule has 0 saturated carbocycles. The minimum Gasteiger partial charge on any atom is -0.490 e. The molecule has 1 heterocycles. The zero-order valence-corrected chi connectivity index (χ0v) is 23.3. The van der Waals surface area contributed by atoms with E-state index in [1.54, 1.807) is 6.92 Å². The molecule has 0 aliphatic rings. The van der Waals surface area contributed by atoms with Crippen LogP contribution in [0.15, 0.2) is 40.8 Å². The number of nitrogens with zero attached hydrogens (tertiary/aromatic N) is 1. The molecule has 15 heteroatoms. The quantitative estimate of drug-likeness (QED) is 0.149. The smallest absolute Gasteiger partial charge is 0.387 e. The van der Waals surface area contributed by atoms with Crippen molar-refractivity contribution in [1.29, 1.82) is 0 Å². The number of amides is 3. The Balaban J connectivity index is 1.73. The molecule has 0 radical (unpaired) electrons. The van der Waals surface area contributed by atoms with Crippen LogP contribution in [0.1, 0.15) is 61.0 Å². The topological polar surface area (TPSA) is 172 Å². The number of nitrogens with two attached hydrogens (primary N) is 2. The fourth-order valence-electron chi connectivity index (χ4n) is 3.75. The van der Waals surface area contributed by atoms with E-state index in [4.69, 9.17) is 20.6 Å². The summed E-state index contributed by atoms with van der Waals surface area (Å²) in [5, 5.41) is 4.93. The number of alkyl halides is 2. The van der Waals surface area contributed by atoms with Crippen molar-refractivity contribution >= 4 is 17.7 Å². The van der Waals surface area contributed by atoms with E-state index in [0.717, 1.165) is 6.07 Å². The molecule has 0 fully saturated rings. The molecule has 1 aromatic heterocycles. The van der Waals surface area contributed by atoms with Gasteiger partial charge in [-0.05, 0) is 51.0 Å². The van der Waals surface area contributed by atoms with Gasteiger partial charge in [-0.3, -0.25) is 14.4 Å². The van der Waals surface area contributed by atoms with Gasteiger partial charge < -0.3 is 36.0 Å². The number of hydrogen-bond donors (Lipinski definition) is 4. The lowest BCUT2D eigenvalue weighted by Crippen LogP contribution is -2.42. The maximum absolute atomic E-state index is 14.0. The van der Waals surface area contributed by atoms with Gasteiger partial charge in [-0.1, -0.05) is 6.07 Å². The summed E-state index contributed by atoms with van der Waals surface area (Å²) in [5.41, 5.74) is 11.2. The molecule has 0 aliphatic heterocycles. The highest BCUT2D eigenvalue weighted by Crippen LogP contribution is 2.35. The minimum absolute atomic E-state index is 0.00591. The standard InChI is InChI=1S/C28H31F4N5O6/c1-14(33)24-23(26(40)35-13-17-6-8-18(29)12-19(17)30)37-27(43-24)16-7-9-20(42-28(31)32)21(11-16)41-10-4-3-5-22(38)36-15(2)25(34)39/h6-9,11-12,14-15,28H,3-5,10,13,33H2,1-2H3,(H2,34,39)(H,35,40)(H,36,38)/t14-,15-/m0/s1. The molecule has 232 valence electrons. The van der Waals surface area contributed by atoms with Crippen LogP contribution in [0.25, 0.3) is 11.5 Å². The Morgan fingerprint density at radius 3 is 2.44 bits per heavy atom. The number of oxazole rings is 1. The van der Waals surface area contributed by atoms with Crippen molar-refractivity contribution < 1.29 is 45.8 Å². The number of halogens is 4. The molecule has 6 N–H and O–H groups in total. The molecule has 0 saturated heterocycles. The van der Waals surface area contributed by atoms with E-state index in [9.17, 15) is 31.9 Å². The highest BCUT2D eigenvalue weighted by atomic mass is 19.3. The third-order valence-corrected chi connectivity index (χ3v) is 6.00. The number of benzene rings is 2. The van der Waals surface area contributed by atoms with Crippen LogP contribution in [-0.4, -0.2) is 42.0 Å². The Bertz CT molecular complexity index is 1450. The van der Waals surface area contributed by atoms with Gasteiger partial charge in [0.2, 0.25) is 17.7 Å². The van der Waals surface area contributed by atoms with Crippen LogP contribution in [0.2, 0.25) is 0 Å². The molecule has 0 spiro atoms. The predicted octanol–water partition coefficient (Wildman–Crippen LogP) is 3.71. The maximum Gasteiger partial charge on any atom is 0.387 e. The Morgan fingerprint density at radius 2 is 1.79 bits per heavy atom. The van der Waals surface area contributed by atoms with E-state index in [2.05, 4.69) is 20.4 Å². The van der Waals surface area contributed by atoms with Crippen molar-refractivity contribution in [3.8, 4) is 23.0 Å². The van der Waals surface area contributed by atoms with Crippen molar-refractivity contribution in [2.75, 3.05) is 6.61 Å². The van der Waals surface area contributed by atoms with Crippen molar-refractivity contribution in [2.45, 2.75) is 58.3 Å². The molecule has 43 heavy (non-hydrogen) atoms. The number of rotatable bonds is 15. The number of carbonyl (C=O) groups excluding carboxylic acids is 3. The van der Waals surface area contributed by atoms with Gasteiger partial charge in [0.1, 0.15) is 17.7 Å². The average Bonchev–Trinajstić information content (AvgIpc) is 3.39. The summed E-state index contributed by atoms with van der Waals surface area (Å²) < 4.78 is 69.1. The highest BCUT2D eigenvalue weighted by molar-refractivity contribution is 5.94. The molecular weight excluding hydrogens is 578 g/mol. The van der Waals surface area contributed by atoms with Crippen LogP contribution < -0.4 is 31.6 Å². The lowest BCUT2D eigenvalue weighted by molar-refractivity contribution is -0.127. The molecular formula is C28H31F4N5O6. The van der Waals surface area contributed by atoms with Crippen molar-refractivity contribution in [3.63, 3.8) is 0 Å². The Morgan fingerprint density at radius 1 is 1.05 bits per heavy atom. The third-order valence-electron chi connectivity index (χ3n) is 6.00. The molecule has 0 aliphatic carbocycles. The van der Waals surface area contributed by atoms with Gasteiger partial charge in [0.15, 0.2) is 23.0 Å². The predicted molar refractivity (Wildman–Crippen MR) is 145 cm³/mol. The number of aromatic nitrogens is 1. The second-order valence-corrected chi connectivity index (χ2v) is 9.48. The highest BCUT2D eigenvalue weighted by Gasteiger charge is 2.24. The number of nitrogens with one attached hydrogen (secondary N) is 2. The largest absolute Gasteiger partial charge is 0.490 e. The first-order chi connectivity index (χ1) is 20.3. The van der Waals surface area contributed by atoms with Gasteiger partial charge >= 0.3 is 6.61 Å². The molecule has 3 rings (SSSR count). The molecule has 11 nitrogen and oxygen atoms in total. The fraction of sp³-hybridized carbons (Fsp3) is 0.357. The fourth-order valence-corrected chi connectivity index (χ4v) is 3.75. The average molecular weight is 610 g/mol. The molecule has 3 amide bonds. The van der Waals surface area contributed by atoms with Gasteiger partial charge in [-0.15, -0.1) is 0 Å². The van der Waals surface area contributed by atoms with Crippen LogP contribution >= 0.6 is 0 Å². The van der Waals surface area contributed by atoms with Crippen LogP contribution in [0.4, 0.5) is 17.6 Å². The van der Waals surface area contributed by atoms with Crippen LogP contribution in [0.3, 0.4) is 0 Å². The van der Waals surface area contributed by atoms with Gasteiger partial charge in [-0.2, -0.15) is 8.78 Å². The van der Waals surface area contributed by atoms with E-state index in [-0.39, 0.29) is 65.5 Å². The van der Waals surface area contributed by atoms with Gasteiger partial charge in [0, 0.05) is 30.2 Å². The number of primary amides is 1. The Labute approximate surface area is 243 Å². The summed E-state index contributed by atoms with van der Waals surface area (Å²) >= 11 is 0. The number of ether oxygens (including phenoxy) is 2. The zero-order chi connectivity index (χ0) is 31.7. The molecule has 3 aromatic rings. The maximum atomic E-state index is 14.0. The van der Waals surface area contributed by atoms with E-state index in [1.807, 2.05) is 0 Å². The molecule has 2 atom stereocenters. The molecule has 2 aromatic carbocycles. The first-order valence-corrected chi connectivity index (χ1v) is 13.1. The Kier molecular flexibility index (Phi) is 11.5.